The Bertz CT molecular complexity index is 1270. The second-order valence-corrected chi connectivity index (χ2v) is 8.00. The fourth-order valence-corrected chi connectivity index (χ4v) is 3.93. The molecule has 29 heavy (non-hydrogen) atoms. The van der Waals surface area contributed by atoms with Gasteiger partial charge in [-0.3, -0.25) is 4.72 Å². The van der Waals surface area contributed by atoms with Gasteiger partial charge in [-0.2, -0.15) is 0 Å². The van der Waals surface area contributed by atoms with E-state index < -0.39 is 15.8 Å². The van der Waals surface area contributed by atoms with Crippen molar-refractivity contribution in [2.24, 2.45) is 0 Å². The van der Waals surface area contributed by atoms with E-state index in [9.17, 15) is 12.8 Å². The SMILES string of the molecule is O=S(=O)(Nc1cc(-c2cc#ccc2)ccc1F)c1ccc(Cl)c(-c2nnn[nH]2)c1. The number of benzene rings is 2. The van der Waals surface area contributed by atoms with Crippen molar-refractivity contribution >= 4 is 27.3 Å². The van der Waals surface area contributed by atoms with Crippen molar-refractivity contribution in [1.82, 2.24) is 20.6 Å². The second-order valence-electron chi connectivity index (χ2n) is 5.91. The fraction of sp³-hybridized carbons (Fsp3) is 0. The minimum absolute atomic E-state index is 0.124. The van der Waals surface area contributed by atoms with Gasteiger partial charge in [0, 0.05) is 5.56 Å². The van der Waals surface area contributed by atoms with Crippen molar-refractivity contribution < 1.29 is 12.8 Å². The highest BCUT2D eigenvalue weighted by molar-refractivity contribution is 7.92. The summed E-state index contributed by atoms with van der Waals surface area (Å²) < 4.78 is 42.3. The molecular formula is C19H11ClFN5O2S. The van der Waals surface area contributed by atoms with Gasteiger partial charge in [-0.1, -0.05) is 29.8 Å². The molecule has 0 radical (unpaired) electrons. The zero-order chi connectivity index (χ0) is 20.4. The summed E-state index contributed by atoms with van der Waals surface area (Å²) in [6.07, 6.45) is 0. The summed E-state index contributed by atoms with van der Waals surface area (Å²) in [5, 5.41) is 13.4. The predicted molar refractivity (Wildman–Crippen MR) is 105 cm³/mol. The number of halogens is 2. The zero-order valence-electron chi connectivity index (χ0n) is 14.5. The second kappa shape index (κ2) is 7.50. The van der Waals surface area contributed by atoms with Gasteiger partial charge in [-0.15, -0.1) is 5.10 Å². The van der Waals surface area contributed by atoms with E-state index in [1.54, 1.807) is 24.3 Å². The van der Waals surface area contributed by atoms with Crippen LogP contribution in [0.2, 0.25) is 5.02 Å². The lowest BCUT2D eigenvalue weighted by Gasteiger charge is -2.12. The molecule has 4 aromatic rings. The summed E-state index contributed by atoms with van der Waals surface area (Å²) in [6.45, 7) is 0. The maximum absolute atomic E-state index is 14.3. The van der Waals surface area contributed by atoms with E-state index in [1.807, 2.05) is 0 Å². The Balaban J connectivity index is 1.70. The third-order valence-electron chi connectivity index (χ3n) is 4.05. The first-order valence-electron chi connectivity index (χ1n) is 8.18. The molecule has 1 heterocycles. The third-order valence-corrected chi connectivity index (χ3v) is 5.74. The average Bonchev–Trinajstić information content (AvgIpc) is 3.25. The average molecular weight is 428 g/mol. The van der Waals surface area contributed by atoms with Crippen LogP contribution in [0, 0.1) is 17.9 Å². The van der Waals surface area contributed by atoms with Gasteiger partial charge in [0.15, 0.2) is 5.82 Å². The molecular weight excluding hydrogens is 417 g/mol. The van der Waals surface area contributed by atoms with E-state index in [4.69, 9.17) is 11.6 Å². The predicted octanol–water partition coefficient (Wildman–Crippen LogP) is 3.73. The van der Waals surface area contributed by atoms with Crippen LogP contribution in [0.3, 0.4) is 0 Å². The van der Waals surface area contributed by atoms with Gasteiger partial charge < -0.3 is 0 Å². The molecule has 144 valence electrons. The lowest BCUT2D eigenvalue weighted by atomic mass is 10.1. The maximum Gasteiger partial charge on any atom is 0.262 e. The Hall–Kier alpha value is -3.48. The highest BCUT2D eigenvalue weighted by Crippen LogP contribution is 2.30. The summed E-state index contributed by atoms with van der Waals surface area (Å²) >= 11 is 6.12. The number of hydrogen-bond acceptors (Lipinski definition) is 5. The summed E-state index contributed by atoms with van der Waals surface area (Å²) in [5.74, 6) is -0.505. The highest BCUT2D eigenvalue weighted by atomic mass is 35.5. The minimum atomic E-state index is -4.11. The van der Waals surface area contributed by atoms with Crippen molar-refractivity contribution in [3.05, 3.63) is 77.6 Å². The number of aromatic amines is 1. The third kappa shape index (κ3) is 3.89. The molecule has 0 atom stereocenters. The lowest BCUT2D eigenvalue weighted by Crippen LogP contribution is -2.14. The number of nitrogens with zero attached hydrogens (tertiary/aromatic N) is 3. The lowest BCUT2D eigenvalue weighted by molar-refractivity contribution is 0.598. The molecule has 2 N–H and O–H groups in total. The molecule has 0 unspecified atom stereocenters. The molecule has 0 saturated carbocycles. The van der Waals surface area contributed by atoms with Gasteiger partial charge in [0.05, 0.1) is 15.6 Å². The van der Waals surface area contributed by atoms with Gasteiger partial charge in [0.1, 0.15) is 5.82 Å². The van der Waals surface area contributed by atoms with E-state index in [0.29, 0.717) is 11.1 Å². The smallest absolute Gasteiger partial charge is 0.262 e. The fourth-order valence-electron chi connectivity index (χ4n) is 2.64. The Kier molecular flexibility index (Phi) is 4.88. The first kappa shape index (κ1) is 18.9. The Morgan fingerprint density at radius 1 is 1.07 bits per heavy atom. The molecule has 7 nitrogen and oxygen atoms in total. The summed E-state index contributed by atoms with van der Waals surface area (Å²) in [6, 6.07) is 18.8. The van der Waals surface area contributed by atoms with Crippen LogP contribution in [-0.2, 0) is 10.0 Å². The standard InChI is InChI=1S/C19H11ClFN5O2S/c20-16-8-7-14(11-15(16)19-22-25-26-23-19)29(27,28)24-18-10-13(6-9-17(18)21)12-4-2-1-3-5-12/h2,4-11,24H,(H,22,23,25,26). The van der Waals surface area contributed by atoms with Crippen molar-refractivity contribution in [3.8, 4) is 22.5 Å². The van der Waals surface area contributed by atoms with Crippen LogP contribution in [-0.4, -0.2) is 29.0 Å². The van der Waals surface area contributed by atoms with Crippen LogP contribution in [0.1, 0.15) is 0 Å². The normalized spacial score (nSPS) is 11.1. The number of nitrogens with one attached hydrogen (secondary N) is 2. The minimum Gasteiger partial charge on any atom is -0.277 e. The molecule has 10 heteroatoms. The first-order valence-corrected chi connectivity index (χ1v) is 10.0. The molecule has 0 spiro atoms. The Labute approximate surface area is 170 Å². The monoisotopic (exact) mass is 427 g/mol. The molecule has 0 saturated heterocycles. The van der Waals surface area contributed by atoms with E-state index in [2.05, 4.69) is 37.5 Å². The Morgan fingerprint density at radius 2 is 1.93 bits per heavy atom. The van der Waals surface area contributed by atoms with Crippen LogP contribution in [0.15, 0.2) is 59.5 Å². The Morgan fingerprint density at radius 3 is 2.66 bits per heavy atom. The molecule has 0 bridgehead atoms. The molecule has 1 aromatic heterocycles. The highest BCUT2D eigenvalue weighted by Gasteiger charge is 2.20. The number of H-pyrrole nitrogens is 1. The number of anilines is 1. The summed E-state index contributed by atoms with van der Waals surface area (Å²) in [4.78, 5) is -0.124. The van der Waals surface area contributed by atoms with Crippen molar-refractivity contribution in [1.29, 1.82) is 0 Å². The van der Waals surface area contributed by atoms with E-state index in [-0.39, 0.29) is 21.4 Å². The van der Waals surface area contributed by atoms with E-state index in [0.717, 1.165) is 5.56 Å². The summed E-state index contributed by atoms with van der Waals surface area (Å²) in [5.41, 5.74) is 1.48. The molecule has 0 aliphatic carbocycles. The van der Waals surface area contributed by atoms with Gasteiger partial charge in [-0.05, 0) is 70.1 Å². The largest absolute Gasteiger partial charge is 0.277 e. The molecule has 3 aromatic carbocycles. The van der Waals surface area contributed by atoms with Crippen LogP contribution in [0.5, 0.6) is 0 Å². The first-order chi connectivity index (χ1) is 13.9. The van der Waals surface area contributed by atoms with E-state index >= 15 is 0 Å². The van der Waals surface area contributed by atoms with Crippen LogP contribution >= 0.6 is 11.6 Å². The number of tetrazole rings is 1. The number of rotatable bonds is 5. The van der Waals surface area contributed by atoms with Crippen molar-refractivity contribution in [3.63, 3.8) is 0 Å². The van der Waals surface area contributed by atoms with Gasteiger partial charge >= 0.3 is 0 Å². The summed E-state index contributed by atoms with van der Waals surface area (Å²) in [7, 11) is -4.11. The molecule has 0 amide bonds. The maximum atomic E-state index is 14.3. The topological polar surface area (TPSA) is 101 Å². The molecule has 0 fully saturated rings. The number of aromatic nitrogens is 4. The van der Waals surface area contributed by atoms with Gasteiger partial charge in [0.2, 0.25) is 0 Å². The van der Waals surface area contributed by atoms with Crippen molar-refractivity contribution in [2.75, 3.05) is 4.72 Å². The van der Waals surface area contributed by atoms with Gasteiger partial charge in [-0.25, -0.2) is 17.9 Å². The van der Waals surface area contributed by atoms with Crippen LogP contribution in [0.25, 0.3) is 22.5 Å². The quantitative estimate of drug-likeness (QED) is 0.505. The van der Waals surface area contributed by atoms with Gasteiger partial charge in [0.25, 0.3) is 10.0 Å². The zero-order valence-corrected chi connectivity index (χ0v) is 16.1. The van der Waals surface area contributed by atoms with Crippen LogP contribution < -0.4 is 4.72 Å². The number of hydrogen-bond donors (Lipinski definition) is 2. The van der Waals surface area contributed by atoms with E-state index in [1.165, 1.54) is 30.3 Å². The molecule has 0 aliphatic rings. The van der Waals surface area contributed by atoms with Crippen LogP contribution in [0.4, 0.5) is 10.1 Å². The molecule has 0 aliphatic heterocycles. The molecule has 4 rings (SSSR count). The van der Waals surface area contributed by atoms with Crippen molar-refractivity contribution in [2.45, 2.75) is 4.90 Å². The number of sulfonamides is 1.